The Balaban J connectivity index is 2.19. The van der Waals surface area contributed by atoms with Crippen molar-refractivity contribution in [2.45, 2.75) is 19.6 Å². The molecule has 0 amide bonds. The highest BCUT2D eigenvalue weighted by Gasteiger charge is 2.22. The van der Waals surface area contributed by atoms with Gasteiger partial charge in [-0.15, -0.1) is 0 Å². The van der Waals surface area contributed by atoms with E-state index in [0.717, 1.165) is 28.0 Å². The predicted molar refractivity (Wildman–Crippen MR) is 95.9 cm³/mol. The van der Waals surface area contributed by atoms with Crippen LogP contribution in [0.3, 0.4) is 0 Å². The maximum atomic E-state index is 4.85. The summed E-state index contributed by atoms with van der Waals surface area (Å²) < 4.78 is 0. The summed E-state index contributed by atoms with van der Waals surface area (Å²) in [6.45, 7) is 6.85. The van der Waals surface area contributed by atoms with Crippen LogP contribution in [0.5, 0.6) is 0 Å². The van der Waals surface area contributed by atoms with Crippen LogP contribution in [0.2, 0.25) is 19.6 Å². The van der Waals surface area contributed by atoms with Crippen LogP contribution >= 0.6 is 0 Å². The predicted octanol–water partition coefficient (Wildman–Crippen LogP) is 4.36. The third kappa shape index (κ3) is 3.15. The molecule has 3 rings (SSSR count). The Morgan fingerprint density at radius 1 is 0.636 bits per heavy atom. The van der Waals surface area contributed by atoms with Crippen LogP contribution in [0, 0.1) is 0 Å². The largest absolute Gasteiger partial charge is 0.238 e. The molecule has 22 heavy (non-hydrogen) atoms. The van der Waals surface area contributed by atoms with E-state index in [1.165, 1.54) is 0 Å². The molecule has 0 radical (unpaired) electrons. The topological polar surface area (TPSA) is 25.8 Å². The monoisotopic (exact) mass is 304 g/mol. The van der Waals surface area contributed by atoms with Gasteiger partial charge in [-0.3, -0.25) is 0 Å². The standard InChI is InChI=1S/C19H20N2Si/c1-22(2,3)19-20-17(15-10-6-4-7-11-15)14-18(21-19)16-12-8-5-9-13-16/h4-14H,1-3H3. The quantitative estimate of drug-likeness (QED) is 0.672. The Labute approximate surface area is 132 Å². The Morgan fingerprint density at radius 3 is 1.41 bits per heavy atom. The van der Waals surface area contributed by atoms with Gasteiger partial charge in [-0.25, -0.2) is 9.97 Å². The second kappa shape index (κ2) is 5.85. The number of hydrogen-bond acceptors (Lipinski definition) is 2. The van der Waals surface area contributed by atoms with Gasteiger partial charge in [0.1, 0.15) is 13.5 Å². The molecule has 0 aliphatic carbocycles. The number of hydrogen-bond donors (Lipinski definition) is 0. The summed E-state index contributed by atoms with van der Waals surface area (Å²) in [5.74, 6) is 0. The number of rotatable bonds is 3. The SMILES string of the molecule is C[Si](C)(C)c1nc(-c2ccccc2)cc(-c2ccccc2)n1. The smallest absolute Gasteiger partial charge is 0.125 e. The second-order valence-electron chi connectivity index (χ2n) is 6.44. The second-order valence-corrected chi connectivity index (χ2v) is 11.4. The van der Waals surface area contributed by atoms with E-state index >= 15 is 0 Å². The molecule has 2 aromatic carbocycles. The molecule has 0 bridgehead atoms. The van der Waals surface area contributed by atoms with Crippen molar-refractivity contribution < 1.29 is 0 Å². The van der Waals surface area contributed by atoms with E-state index in [1.54, 1.807) is 0 Å². The summed E-state index contributed by atoms with van der Waals surface area (Å²) in [4.78, 5) is 9.70. The van der Waals surface area contributed by atoms with Crippen molar-refractivity contribution in [2.75, 3.05) is 0 Å². The Hall–Kier alpha value is -2.26. The fraction of sp³-hybridized carbons (Fsp3) is 0.158. The van der Waals surface area contributed by atoms with Gasteiger partial charge in [0, 0.05) is 11.1 Å². The molecular weight excluding hydrogens is 284 g/mol. The molecule has 0 N–H and O–H groups in total. The number of benzene rings is 2. The van der Waals surface area contributed by atoms with Crippen molar-refractivity contribution in [3.63, 3.8) is 0 Å². The van der Waals surface area contributed by atoms with Gasteiger partial charge in [-0.05, 0) is 6.07 Å². The molecule has 0 saturated carbocycles. The summed E-state index contributed by atoms with van der Waals surface area (Å²) in [5, 5.41) is 0. The molecule has 3 heteroatoms. The summed E-state index contributed by atoms with van der Waals surface area (Å²) in [5.41, 5.74) is 5.30. The lowest BCUT2D eigenvalue weighted by Gasteiger charge is -2.17. The zero-order valence-corrected chi connectivity index (χ0v) is 14.2. The van der Waals surface area contributed by atoms with Crippen LogP contribution in [-0.2, 0) is 0 Å². The highest BCUT2D eigenvalue weighted by atomic mass is 28.3. The molecule has 0 atom stereocenters. The van der Waals surface area contributed by atoms with Gasteiger partial charge < -0.3 is 0 Å². The highest BCUT2D eigenvalue weighted by Crippen LogP contribution is 2.22. The van der Waals surface area contributed by atoms with Crippen molar-refractivity contribution in [1.82, 2.24) is 9.97 Å². The first-order valence-corrected chi connectivity index (χ1v) is 11.0. The Bertz CT molecular complexity index is 705. The van der Waals surface area contributed by atoms with Gasteiger partial charge in [-0.2, -0.15) is 0 Å². The van der Waals surface area contributed by atoms with Gasteiger partial charge in [0.2, 0.25) is 0 Å². The van der Waals surface area contributed by atoms with Crippen molar-refractivity contribution in [1.29, 1.82) is 0 Å². The first-order valence-electron chi connectivity index (χ1n) is 7.54. The van der Waals surface area contributed by atoms with Crippen LogP contribution in [-0.4, -0.2) is 18.0 Å². The molecule has 2 nitrogen and oxygen atoms in total. The van der Waals surface area contributed by atoms with E-state index in [2.05, 4.69) is 50.0 Å². The lowest BCUT2D eigenvalue weighted by Crippen LogP contribution is -2.42. The van der Waals surface area contributed by atoms with Gasteiger partial charge in [0.05, 0.1) is 11.4 Å². The molecular formula is C19H20N2Si. The van der Waals surface area contributed by atoms with Crippen molar-refractivity contribution in [2.24, 2.45) is 0 Å². The zero-order valence-electron chi connectivity index (χ0n) is 13.2. The van der Waals surface area contributed by atoms with Crippen molar-refractivity contribution in [3.05, 3.63) is 66.7 Å². The van der Waals surface area contributed by atoms with Gasteiger partial charge >= 0.3 is 0 Å². The van der Waals surface area contributed by atoms with E-state index in [1.807, 2.05) is 36.4 Å². The summed E-state index contributed by atoms with van der Waals surface area (Å²) >= 11 is 0. The lowest BCUT2D eigenvalue weighted by molar-refractivity contribution is 1.22. The minimum atomic E-state index is -1.58. The molecule has 0 unspecified atom stereocenters. The molecule has 110 valence electrons. The zero-order chi connectivity index (χ0) is 15.6. The molecule has 1 aromatic heterocycles. The van der Waals surface area contributed by atoms with Crippen LogP contribution in [0.25, 0.3) is 22.5 Å². The molecule has 0 saturated heterocycles. The third-order valence-electron chi connectivity index (χ3n) is 3.54. The molecule has 0 fully saturated rings. The molecule has 1 heterocycles. The van der Waals surface area contributed by atoms with Crippen LogP contribution in [0.4, 0.5) is 0 Å². The normalized spacial score (nSPS) is 11.4. The Kier molecular flexibility index (Phi) is 3.90. The first kappa shape index (κ1) is 14.7. The first-order chi connectivity index (χ1) is 10.5. The van der Waals surface area contributed by atoms with Gasteiger partial charge in [0.15, 0.2) is 0 Å². The van der Waals surface area contributed by atoms with E-state index in [-0.39, 0.29) is 0 Å². The summed E-state index contributed by atoms with van der Waals surface area (Å²) in [6, 6.07) is 22.8. The lowest BCUT2D eigenvalue weighted by atomic mass is 10.1. The average Bonchev–Trinajstić information content (AvgIpc) is 2.55. The van der Waals surface area contributed by atoms with Gasteiger partial charge in [-0.1, -0.05) is 80.3 Å². The fourth-order valence-electron chi connectivity index (χ4n) is 2.30. The number of nitrogens with zero attached hydrogens (tertiary/aromatic N) is 2. The third-order valence-corrected chi connectivity index (χ3v) is 5.10. The van der Waals surface area contributed by atoms with Crippen molar-refractivity contribution in [3.8, 4) is 22.5 Å². The van der Waals surface area contributed by atoms with E-state index < -0.39 is 8.07 Å². The number of aromatic nitrogens is 2. The summed E-state index contributed by atoms with van der Waals surface area (Å²) in [7, 11) is -1.58. The minimum absolute atomic E-state index is 1.01. The van der Waals surface area contributed by atoms with Crippen LogP contribution in [0.15, 0.2) is 66.7 Å². The Morgan fingerprint density at radius 2 is 1.05 bits per heavy atom. The molecule has 3 aromatic rings. The maximum absolute atomic E-state index is 4.85. The highest BCUT2D eigenvalue weighted by molar-refractivity contribution is 6.87. The van der Waals surface area contributed by atoms with Crippen molar-refractivity contribution >= 4 is 13.5 Å². The fourth-order valence-corrected chi connectivity index (χ4v) is 3.21. The van der Waals surface area contributed by atoms with Crippen LogP contribution in [0.1, 0.15) is 0 Å². The van der Waals surface area contributed by atoms with E-state index in [0.29, 0.717) is 0 Å². The maximum Gasteiger partial charge on any atom is 0.125 e. The molecule has 0 aliphatic heterocycles. The minimum Gasteiger partial charge on any atom is -0.238 e. The van der Waals surface area contributed by atoms with E-state index in [4.69, 9.17) is 9.97 Å². The van der Waals surface area contributed by atoms with Gasteiger partial charge in [0.25, 0.3) is 0 Å². The van der Waals surface area contributed by atoms with E-state index in [9.17, 15) is 0 Å². The summed E-state index contributed by atoms with van der Waals surface area (Å²) in [6.07, 6.45) is 0. The molecule has 0 spiro atoms. The average molecular weight is 304 g/mol. The molecule has 0 aliphatic rings. The van der Waals surface area contributed by atoms with Crippen LogP contribution < -0.4 is 5.45 Å².